The number of rotatable bonds is 6. The van der Waals surface area contributed by atoms with Gasteiger partial charge in [0.15, 0.2) is 11.6 Å². The number of ether oxygens (including phenoxy) is 1. The number of carbonyl (C=O) groups excluding carboxylic acids is 2. The van der Waals surface area contributed by atoms with Crippen LogP contribution in [0, 0.1) is 0 Å². The zero-order chi connectivity index (χ0) is 14.4. The molecule has 102 valence electrons. The number of carbonyl (C=O) groups is 2. The summed E-state index contributed by atoms with van der Waals surface area (Å²) in [4.78, 5) is 23.6. The minimum absolute atomic E-state index is 0.0713. The molecule has 0 saturated heterocycles. The highest BCUT2D eigenvalue weighted by atomic mass is 16.5. The average Bonchev–Trinajstić information content (AvgIpc) is 2.49. The van der Waals surface area contributed by atoms with Crippen molar-refractivity contribution >= 4 is 11.6 Å². The Morgan fingerprint density at radius 3 is 2.05 bits per heavy atom. The monoisotopic (exact) mass is 268 g/mol. The molecule has 0 N–H and O–H groups in total. The van der Waals surface area contributed by atoms with Gasteiger partial charge in [0.2, 0.25) is 0 Å². The van der Waals surface area contributed by atoms with Gasteiger partial charge in [-0.05, 0) is 12.5 Å². The quantitative estimate of drug-likeness (QED) is 0.755. The Morgan fingerprint density at radius 2 is 1.50 bits per heavy atom. The molecule has 2 aromatic rings. The summed E-state index contributed by atoms with van der Waals surface area (Å²) in [7, 11) is 0. The second kappa shape index (κ2) is 6.78. The molecule has 0 aliphatic carbocycles. The number of benzene rings is 2. The predicted octanol–water partition coefficient (Wildman–Crippen LogP) is 3.22. The Morgan fingerprint density at radius 1 is 0.950 bits per heavy atom. The largest absolute Gasteiger partial charge is 0.358 e. The van der Waals surface area contributed by atoms with Gasteiger partial charge in [0, 0.05) is 5.56 Å². The van der Waals surface area contributed by atoms with E-state index in [1.807, 2.05) is 36.4 Å². The van der Waals surface area contributed by atoms with Crippen molar-refractivity contribution in [3.63, 3.8) is 0 Å². The van der Waals surface area contributed by atoms with Gasteiger partial charge in [0.25, 0.3) is 0 Å². The minimum Gasteiger partial charge on any atom is -0.358 e. The highest BCUT2D eigenvalue weighted by molar-refractivity contribution is 6.00. The second-order valence-electron chi connectivity index (χ2n) is 4.53. The number of ketones is 2. The van der Waals surface area contributed by atoms with Crippen LogP contribution in [-0.4, -0.2) is 18.2 Å². The summed E-state index contributed by atoms with van der Waals surface area (Å²) < 4.78 is 5.51. The maximum atomic E-state index is 12.5. The van der Waals surface area contributed by atoms with E-state index in [4.69, 9.17) is 4.74 Å². The lowest BCUT2D eigenvalue weighted by Crippen LogP contribution is -2.19. The third kappa shape index (κ3) is 3.62. The van der Waals surface area contributed by atoms with Gasteiger partial charge in [-0.1, -0.05) is 60.7 Å². The van der Waals surface area contributed by atoms with E-state index in [1.54, 1.807) is 24.3 Å². The van der Waals surface area contributed by atoms with Gasteiger partial charge in [0.1, 0.15) is 12.7 Å². The average molecular weight is 268 g/mol. The van der Waals surface area contributed by atoms with Crippen LogP contribution >= 0.6 is 0 Å². The van der Waals surface area contributed by atoms with Crippen molar-refractivity contribution in [1.29, 1.82) is 0 Å². The highest BCUT2D eigenvalue weighted by Crippen LogP contribution is 2.22. The molecular weight excluding hydrogens is 252 g/mol. The topological polar surface area (TPSA) is 43.4 Å². The third-order valence-corrected chi connectivity index (χ3v) is 2.85. The van der Waals surface area contributed by atoms with Crippen molar-refractivity contribution in [2.45, 2.75) is 13.0 Å². The van der Waals surface area contributed by atoms with Gasteiger partial charge in [-0.3, -0.25) is 9.59 Å². The maximum absolute atomic E-state index is 12.5. The molecule has 0 aromatic heterocycles. The fourth-order valence-corrected chi connectivity index (χ4v) is 1.91. The van der Waals surface area contributed by atoms with Gasteiger partial charge >= 0.3 is 0 Å². The lowest BCUT2D eigenvalue weighted by molar-refractivity contribution is -0.122. The molecule has 2 aromatic carbocycles. The van der Waals surface area contributed by atoms with E-state index in [0.717, 1.165) is 5.56 Å². The zero-order valence-electron chi connectivity index (χ0n) is 11.3. The van der Waals surface area contributed by atoms with Crippen molar-refractivity contribution in [1.82, 2.24) is 0 Å². The first kappa shape index (κ1) is 14.2. The fourth-order valence-electron chi connectivity index (χ4n) is 1.91. The zero-order valence-corrected chi connectivity index (χ0v) is 11.3. The summed E-state index contributed by atoms with van der Waals surface area (Å²) in [5, 5.41) is 0. The summed E-state index contributed by atoms with van der Waals surface area (Å²) in [6.45, 7) is 1.37. The van der Waals surface area contributed by atoms with Gasteiger partial charge in [-0.2, -0.15) is 0 Å². The predicted molar refractivity (Wildman–Crippen MR) is 76.6 cm³/mol. The van der Waals surface area contributed by atoms with Crippen molar-refractivity contribution in [2.75, 3.05) is 6.61 Å². The molecule has 2 rings (SSSR count). The van der Waals surface area contributed by atoms with Crippen LogP contribution in [0.15, 0.2) is 60.7 Å². The number of Topliss-reactive ketones (excluding diaryl/α,β-unsaturated/α-hetero) is 2. The molecular formula is C17H16O3. The summed E-state index contributed by atoms with van der Waals surface area (Å²) >= 11 is 0. The van der Waals surface area contributed by atoms with Crippen LogP contribution in [0.3, 0.4) is 0 Å². The molecule has 0 amide bonds. The molecule has 0 heterocycles. The molecule has 0 saturated carbocycles. The highest BCUT2D eigenvalue weighted by Gasteiger charge is 2.22. The van der Waals surface area contributed by atoms with Crippen LogP contribution in [0.1, 0.15) is 28.9 Å². The normalized spacial score (nSPS) is 11.8. The van der Waals surface area contributed by atoms with E-state index >= 15 is 0 Å². The first-order chi connectivity index (χ1) is 9.68. The van der Waals surface area contributed by atoms with Crippen LogP contribution in [0.5, 0.6) is 0 Å². The Kier molecular flexibility index (Phi) is 4.80. The third-order valence-electron chi connectivity index (χ3n) is 2.85. The Labute approximate surface area is 118 Å². The van der Waals surface area contributed by atoms with Gasteiger partial charge < -0.3 is 4.74 Å². The van der Waals surface area contributed by atoms with Crippen LogP contribution < -0.4 is 0 Å². The smallest absolute Gasteiger partial charge is 0.196 e. The van der Waals surface area contributed by atoms with Crippen molar-refractivity contribution < 1.29 is 14.3 Å². The first-order valence-electron chi connectivity index (χ1n) is 6.43. The SMILES string of the molecule is CC(=O)COC(C(=O)c1ccccc1)c1ccccc1. The summed E-state index contributed by atoms with van der Waals surface area (Å²) in [5.41, 5.74) is 1.33. The summed E-state index contributed by atoms with van der Waals surface area (Å²) in [6.07, 6.45) is -0.748. The van der Waals surface area contributed by atoms with Crippen LogP contribution in [-0.2, 0) is 9.53 Å². The molecule has 0 radical (unpaired) electrons. The molecule has 1 unspecified atom stereocenters. The fraction of sp³-hybridized carbons (Fsp3) is 0.176. The minimum atomic E-state index is -0.748. The lowest BCUT2D eigenvalue weighted by Gasteiger charge is -2.16. The van der Waals surface area contributed by atoms with E-state index < -0.39 is 6.10 Å². The van der Waals surface area contributed by atoms with Crippen LogP contribution in [0.25, 0.3) is 0 Å². The van der Waals surface area contributed by atoms with Crippen molar-refractivity contribution in [3.05, 3.63) is 71.8 Å². The Hall–Kier alpha value is -2.26. The second-order valence-corrected chi connectivity index (χ2v) is 4.53. The van der Waals surface area contributed by atoms with Crippen molar-refractivity contribution in [3.8, 4) is 0 Å². The Balaban J connectivity index is 2.27. The molecule has 0 aliphatic heterocycles. The van der Waals surface area contributed by atoms with Gasteiger partial charge in [0.05, 0.1) is 0 Å². The standard InChI is InChI=1S/C17H16O3/c1-13(18)12-20-17(15-10-6-3-7-11-15)16(19)14-8-4-2-5-9-14/h2-11,17H,12H2,1H3. The summed E-state index contributed by atoms with van der Waals surface area (Å²) in [6, 6.07) is 18.2. The molecule has 0 fully saturated rings. The molecule has 1 atom stereocenters. The van der Waals surface area contributed by atoms with Crippen LogP contribution in [0.2, 0.25) is 0 Å². The Bertz CT molecular complexity index is 576. The first-order valence-corrected chi connectivity index (χ1v) is 6.43. The van der Waals surface area contributed by atoms with E-state index in [1.165, 1.54) is 6.92 Å². The maximum Gasteiger partial charge on any atom is 0.196 e. The van der Waals surface area contributed by atoms with E-state index in [2.05, 4.69) is 0 Å². The molecule has 0 bridgehead atoms. The van der Waals surface area contributed by atoms with E-state index in [9.17, 15) is 9.59 Å². The lowest BCUT2D eigenvalue weighted by atomic mass is 10.00. The van der Waals surface area contributed by atoms with Crippen LogP contribution in [0.4, 0.5) is 0 Å². The van der Waals surface area contributed by atoms with E-state index in [0.29, 0.717) is 5.56 Å². The number of hydrogen-bond acceptors (Lipinski definition) is 3. The van der Waals surface area contributed by atoms with Gasteiger partial charge in [-0.15, -0.1) is 0 Å². The molecule has 20 heavy (non-hydrogen) atoms. The molecule has 0 aliphatic rings. The summed E-state index contributed by atoms with van der Waals surface area (Å²) in [5.74, 6) is -0.246. The molecule has 3 nitrogen and oxygen atoms in total. The van der Waals surface area contributed by atoms with E-state index in [-0.39, 0.29) is 18.2 Å². The van der Waals surface area contributed by atoms with Gasteiger partial charge in [-0.25, -0.2) is 0 Å². The van der Waals surface area contributed by atoms with Crippen molar-refractivity contribution in [2.24, 2.45) is 0 Å². The molecule has 3 heteroatoms. The molecule has 0 spiro atoms. The number of hydrogen-bond donors (Lipinski definition) is 0.